The summed E-state index contributed by atoms with van der Waals surface area (Å²) in [5.74, 6) is -0.118. The van der Waals surface area contributed by atoms with Crippen LogP contribution in [-0.2, 0) is 4.79 Å². The van der Waals surface area contributed by atoms with E-state index >= 15 is 0 Å². The summed E-state index contributed by atoms with van der Waals surface area (Å²) in [7, 11) is 0. The van der Waals surface area contributed by atoms with Gasteiger partial charge in [0, 0.05) is 11.5 Å². The van der Waals surface area contributed by atoms with Gasteiger partial charge in [0.2, 0.25) is 0 Å². The van der Waals surface area contributed by atoms with Crippen LogP contribution in [0.1, 0.15) is 30.0 Å². The number of benzene rings is 2. The van der Waals surface area contributed by atoms with Crippen molar-refractivity contribution in [1.29, 1.82) is 0 Å². The van der Waals surface area contributed by atoms with Gasteiger partial charge in [-0.2, -0.15) is 0 Å². The Morgan fingerprint density at radius 3 is 2.04 bits per heavy atom. The van der Waals surface area contributed by atoms with Gasteiger partial charge in [-0.3, -0.25) is 10.1 Å². The van der Waals surface area contributed by atoms with Crippen LogP contribution in [0.2, 0.25) is 0 Å². The second-order valence-electron chi connectivity index (χ2n) is 5.52. The van der Waals surface area contributed by atoms with Gasteiger partial charge in [0.1, 0.15) is 0 Å². The minimum atomic E-state index is -0.833. The third-order valence-electron chi connectivity index (χ3n) is 3.78. The molecule has 0 spiro atoms. The van der Waals surface area contributed by atoms with E-state index in [1.54, 1.807) is 0 Å². The minimum absolute atomic E-state index is 0.281. The van der Waals surface area contributed by atoms with Crippen LogP contribution in [0, 0.1) is 0 Å². The number of hydrogen-bond donors (Lipinski definition) is 3. The molecule has 23 heavy (non-hydrogen) atoms. The molecular weight excluding hydrogens is 290 g/mol. The van der Waals surface area contributed by atoms with E-state index in [1.165, 1.54) is 5.56 Å². The molecule has 0 unspecified atom stereocenters. The smallest absolute Gasteiger partial charge is 0.319 e. The Labute approximate surface area is 135 Å². The highest BCUT2D eigenvalue weighted by Crippen LogP contribution is 2.13. The van der Waals surface area contributed by atoms with E-state index in [0.29, 0.717) is 0 Å². The molecule has 0 bridgehead atoms. The maximum Gasteiger partial charge on any atom is 0.319 e. The number of primary amides is 1. The Morgan fingerprint density at radius 2 is 1.52 bits per heavy atom. The summed E-state index contributed by atoms with van der Waals surface area (Å²) in [6, 6.07) is 18.1. The van der Waals surface area contributed by atoms with Crippen LogP contribution in [0.3, 0.4) is 0 Å². The first-order valence-electron chi connectivity index (χ1n) is 7.61. The average molecular weight is 312 g/mol. The van der Waals surface area contributed by atoms with E-state index in [4.69, 9.17) is 5.73 Å². The Morgan fingerprint density at radius 1 is 1.00 bits per heavy atom. The Hall–Kier alpha value is -2.66. The summed E-state index contributed by atoms with van der Waals surface area (Å²) >= 11 is 0. The molecule has 2 aromatic rings. The van der Waals surface area contributed by atoms with E-state index in [2.05, 4.69) is 24.4 Å². The molecule has 0 heterocycles. The highest BCUT2D eigenvalue weighted by molar-refractivity contribution is 5.96. The molecule has 2 aromatic carbocycles. The van der Waals surface area contributed by atoms with Crippen molar-refractivity contribution in [2.75, 3.05) is 6.54 Å². The molecule has 0 radical (unpaired) electrons. The van der Waals surface area contributed by atoms with E-state index in [-0.39, 0.29) is 5.92 Å². The number of carbonyl (C=O) groups is 2. The fourth-order valence-electron chi connectivity index (χ4n) is 2.51. The lowest BCUT2D eigenvalue weighted by Gasteiger charge is -2.17. The molecule has 5 nitrogen and oxygen atoms in total. The van der Waals surface area contributed by atoms with Crippen molar-refractivity contribution < 1.29 is 14.9 Å². The van der Waals surface area contributed by atoms with E-state index < -0.39 is 18.0 Å². The molecule has 5 heteroatoms. The zero-order chi connectivity index (χ0) is 16.7. The summed E-state index contributed by atoms with van der Waals surface area (Å²) < 4.78 is 0. The van der Waals surface area contributed by atoms with Gasteiger partial charge in [-0.15, -0.1) is 0 Å². The predicted octanol–water partition coefficient (Wildman–Crippen LogP) is 1.29. The lowest BCUT2D eigenvalue weighted by molar-refractivity contribution is -0.684. The molecule has 5 N–H and O–H groups in total. The van der Waals surface area contributed by atoms with Crippen LogP contribution in [-0.4, -0.2) is 18.5 Å². The van der Waals surface area contributed by atoms with Crippen molar-refractivity contribution >= 4 is 11.9 Å². The third-order valence-corrected chi connectivity index (χ3v) is 3.78. The molecule has 0 aliphatic heterocycles. The molecule has 0 aromatic heterocycles. The van der Waals surface area contributed by atoms with Crippen LogP contribution < -0.4 is 16.4 Å². The quantitative estimate of drug-likeness (QED) is 0.750. The predicted molar refractivity (Wildman–Crippen MR) is 88.6 cm³/mol. The second-order valence-corrected chi connectivity index (χ2v) is 5.52. The van der Waals surface area contributed by atoms with Crippen molar-refractivity contribution in [3.05, 3.63) is 71.8 Å². The number of imide groups is 1. The van der Waals surface area contributed by atoms with Gasteiger partial charge in [-0.1, -0.05) is 67.6 Å². The largest absolute Gasteiger partial charge is 0.351 e. The fraction of sp³-hybridized carbons (Fsp3) is 0.222. The number of carbonyl (C=O) groups excluding carboxylic acids is 2. The molecule has 0 aliphatic carbocycles. The molecule has 0 saturated carbocycles. The van der Waals surface area contributed by atoms with Crippen molar-refractivity contribution in [2.45, 2.75) is 18.9 Å². The van der Waals surface area contributed by atoms with E-state index in [1.807, 2.05) is 53.8 Å². The Bertz CT molecular complexity index is 644. The second kappa shape index (κ2) is 8.10. The van der Waals surface area contributed by atoms with Crippen molar-refractivity contribution in [3.8, 4) is 0 Å². The van der Waals surface area contributed by atoms with Crippen molar-refractivity contribution in [2.24, 2.45) is 5.73 Å². The van der Waals surface area contributed by atoms with Gasteiger partial charge in [-0.25, -0.2) is 4.79 Å². The van der Waals surface area contributed by atoms with Gasteiger partial charge in [0.15, 0.2) is 6.04 Å². The van der Waals surface area contributed by atoms with Gasteiger partial charge >= 0.3 is 6.03 Å². The lowest BCUT2D eigenvalue weighted by Crippen LogP contribution is -2.88. The SMILES string of the molecule is C[C@@H](C[NH2+][C@H](C(=O)NC(N)=O)c1ccccc1)c1ccccc1. The standard InChI is InChI=1S/C18H21N3O2/c1-13(14-8-4-2-5-9-14)12-20-16(17(22)21-18(19)23)15-10-6-3-7-11-15/h2-11,13,16,20H,12H2,1H3,(H3,19,21,22,23)/p+1/t13-,16-/m0/s1. The molecular formula is C18H22N3O2+. The normalized spacial score (nSPS) is 13.1. The maximum absolute atomic E-state index is 12.3. The van der Waals surface area contributed by atoms with Gasteiger partial charge in [0.25, 0.3) is 5.91 Å². The summed E-state index contributed by atoms with van der Waals surface area (Å²) in [4.78, 5) is 23.2. The summed E-state index contributed by atoms with van der Waals surface area (Å²) in [5, 5.41) is 4.11. The monoisotopic (exact) mass is 312 g/mol. The first kappa shape index (κ1) is 16.7. The van der Waals surface area contributed by atoms with Gasteiger partial charge in [0.05, 0.1) is 6.54 Å². The molecule has 3 amide bonds. The Kier molecular flexibility index (Phi) is 5.88. The van der Waals surface area contributed by atoms with Crippen LogP contribution in [0.25, 0.3) is 0 Å². The third kappa shape index (κ3) is 4.93. The van der Waals surface area contributed by atoms with Crippen LogP contribution in [0.15, 0.2) is 60.7 Å². The molecule has 2 rings (SSSR count). The zero-order valence-electron chi connectivity index (χ0n) is 13.1. The molecule has 120 valence electrons. The van der Waals surface area contributed by atoms with E-state index in [9.17, 15) is 9.59 Å². The topological polar surface area (TPSA) is 88.8 Å². The molecule has 0 fully saturated rings. The number of amides is 3. The van der Waals surface area contributed by atoms with Crippen molar-refractivity contribution in [1.82, 2.24) is 5.32 Å². The first-order valence-corrected chi connectivity index (χ1v) is 7.61. The fourth-order valence-corrected chi connectivity index (χ4v) is 2.51. The molecule has 0 saturated heterocycles. The first-order chi connectivity index (χ1) is 11.1. The number of quaternary nitrogens is 1. The van der Waals surface area contributed by atoms with E-state index in [0.717, 1.165) is 12.1 Å². The van der Waals surface area contributed by atoms with Crippen LogP contribution in [0.4, 0.5) is 4.79 Å². The minimum Gasteiger partial charge on any atom is -0.351 e. The highest BCUT2D eigenvalue weighted by Gasteiger charge is 2.25. The summed E-state index contributed by atoms with van der Waals surface area (Å²) in [6.45, 7) is 2.83. The summed E-state index contributed by atoms with van der Waals surface area (Å²) in [5.41, 5.74) is 7.12. The number of hydrogen-bond acceptors (Lipinski definition) is 2. The van der Waals surface area contributed by atoms with Crippen LogP contribution in [0.5, 0.6) is 0 Å². The number of nitrogens with one attached hydrogen (secondary N) is 1. The number of rotatable bonds is 6. The average Bonchev–Trinajstić information content (AvgIpc) is 2.56. The number of nitrogens with two attached hydrogens (primary N) is 2. The highest BCUT2D eigenvalue weighted by atomic mass is 16.2. The van der Waals surface area contributed by atoms with Gasteiger partial charge < -0.3 is 11.1 Å². The molecule has 2 atom stereocenters. The lowest BCUT2D eigenvalue weighted by atomic mass is 10.00. The zero-order valence-corrected chi connectivity index (χ0v) is 13.1. The number of urea groups is 1. The maximum atomic E-state index is 12.3. The molecule has 0 aliphatic rings. The van der Waals surface area contributed by atoms with Crippen LogP contribution >= 0.6 is 0 Å². The summed E-state index contributed by atoms with van der Waals surface area (Å²) in [6.07, 6.45) is 0. The van der Waals surface area contributed by atoms with Crippen molar-refractivity contribution in [3.63, 3.8) is 0 Å². The van der Waals surface area contributed by atoms with Gasteiger partial charge in [-0.05, 0) is 5.56 Å². The Balaban J connectivity index is 2.09.